The normalized spacial score (nSPS) is 10.9. The van der Waals surface area contributed by atoms with Crippen LogP contribution in [0.3, 0.4) is 0 Å². The number of fused-ring (bicyclic) bond motifs is 1. The molecule has 90 valence electrons. The molecule has 0 saturated carbocycles. The van der Waals surface area contributed by atoms with Crippen molar-refractivity contribution < 1.29 is 10.2 Å². The maximum atomic E-state index is 9.51. The number of nitrogens with zero attached hydrogens (tertiary/aromatic N) is 1. The van der Waals surface area contributed by atoms with Crippen LogP contribution >= 0.6 is 33.9 Å². The van der Waals surface area contributed by atoms with Crippen LogP contribution in [0.25, 0.3) is 20.8 Å². The van der Waals surface area contributed by atoms with E-state index in [0.717, 1.165) is 24.4 Å². The van der Waals surface area contributed by atoms with Gasteiger partial charge in [0.05, 0.1) is 13.8 Å². The maximum Gasteiger partial charge on any atom is 0.128 e. The molecule has 18 heavy (non-hydrogen) atoms. The number of aromatic hydroxyl groups is 2. The molecule has 5 heteroatoms. The van der Waals surface area contributed by atoms with Crippen LogP contribution in [-0.4, -0.2) is 15.2 Å². The number of rotatable bonds is 1. The first kappa shape index (κ1) is 11.7. The van der Waals surface area contributed by atoms with E-state index in [9.17, 15) is 10.2 Å². The first-order valence-corrected chi connectivity index (χ1v) is 7.11. The van der Waals surface area contributed by atoms with Gasteiger partial charge in [-0.2, -0.15) is 0 Å². The van der Waals surface area contributed by atoms with Crippen molar-refractivity contribution in [3.8, 4) is 22.1 Å². The van der Waals surface area contributed by atoms with Gasteiger partial charge >= 0.3 is 0 Å². The third kappa shape index (κ3) is 2.04. The van der Waals surface area contributed by atoms with Crippen LogP contribution in [-0.2, 0) is 0 Å². The van der Waals surface area contributed by atoms with Crippen molar-refractivity contribution in [2.24, 2.45) is 0 Å². The van der Waals surface area contributed by atoms with Crippen LogP contribution < -0.4 is 0 Å². The molecule has 0 bridgehead atoms. The number of aromatic nitrogens is 1. The topological polar surface area (TPSA) is 53.4 Å². The summed E-state index contributed by atoms with van der Waals surface area (Å²) >= 11 is 3.61. The van der Waals surface area contributed by atoms with Crippen molar-refractivity contribution >= 4 is 44.1 Å². The average Bonchev–Trinajstić information content (AvgIpc) is 2.75. The molecule has 0 amide bonds. The second-order valence-corrected chi connectivity index (χ2v) is 6.03. The van der Waals surface area contributed by atoms with E-state index in [1.165, 1.54) is 11.3 Å². The van der Waals surface area contributed by atoms with Crippen molar-refractivity contribution in [3.05, 3.63) is 40.0 Å². The Balaban J connectivity index is 2.16. The van der Waals surface area contributed by atoms with Gasteiger partial charge in [0.1, 0.15) is 16.5 Å². The largest absolute Gasteiger partial charge is 0.508 e. The molecular formula is C13H8INO2S. The minimum atomic E-state index is 0.248. The third-order valence-electron chi connectivity index (χ3n) is 2.57. The minimum Gasteiger partial charge on any atom is -0.508 e. The van der Waals surface area contributed by atoms with Crippen LogP contribution in [0.1, 0.15) is 0 Å². The van der Waals surface area contributed by atoms with E-state index in [2.05, 4.69) is 27.6 Å². The number of hydrogen-bond donors (Lipinski definition) is 2. The fourth-order valence-electron chi connectivity index (χ4n) is 1.68. The minimum absolute atomic E-state index is 0.248. The molecule has 0 saturated heterocycles. The Kier molecular flexibility index (Phi) is 2.87. The van der Waals surface area contributed by atoms with Crippen molar-refractivity contribution in [1.82, 2.24) is 4.98 Å². The lowest BCUT2D eigenvalue weighted by molar-refractivity contribution is 0.471. The zero-order valence-electron chi connectivity index (χ0n) is 9.09. The molecule has 0 spiro atoms. The van der Waals surface area contributed by atoms with E-state index in [-0.39, 0.29) is 11.5 Å². The zero-order valence-corrected chi connectivity index (χ0v) is 12.1. The fraction of sp³-hybridized carbons (Fsp3) is 0. The van der Waals surface area contributed by atoms with E-state index in [1.54, 1.807) is 24.3 Å². The Hall–Kier alpha value is -1.34. The lowest BCUT2D eigenvalue weighted by atomic mass is 10.2. The molecule has 0 atom stereocenters. The van der Waals surface area contributed by atoms with Gasteiger partial charge in [-0.25, -0.2) is 4.98 Å². The Morgan fingerprint density at radius 3 is 2.67 bits per heavy atom. The molecule has 2 aromatic carbocycles. The molecule has 3 rings (SSSR count). The SMILES string of the molecule is Oc1ccc2nc(-c3ccc(O)c(I)c3)sc2c1. The monoisotopic (exact) mass is 369 g/mol. The summed E-state index contributed by atoms with van der Waals surface area (Å²) in [5, 5.41) is 19.8. The maximum absolute atomic E-state index is 9.51. The number of phenolic OH excluding ortho intramolecular Hbond substituents is 2. The van der Waals surface area contributed by atoms with E-state index in [1.807, 2.05) is 12.1 Å². The molecule has 0 aliphatic rings. The quantitative estimate of drug-likeness (QED) is 0.638. The van der Waals surface area contributed by atoms with Gasteiger partial charge in [-0.05, 0) is 59.0 Å². The highest BCUT2D eigenvalue weighted by molar-refractivity contribution is 14.1. The van der Waals surface area contributed by atoms with Gasteiger partial charge in [-0.3, -0.25) is 0 Å². The molecule has 2 N–H and O–H groups in total. The Morgan fingerprint density at radius 2 is 1.89 bits per heavy atom. The number of benzene rings is 2. The lowest BCUT2D eigenvalue weighted by Gasteiger charge is -1.99. The molecule has 0 aliphatic carbocycles. The van der Waals surface area contributed by atoms with Gasteiger partial charge < -0.3 is 10.2 Å². The highest BCUT2D eigenvalue weighted by Gasteiger charge is 2.08. The van der Waals surface area contributed by atoms with E-state index in [4.69, 9.17) is 0 Å². The molecular weight excluding hydrogens is 361 g/mol. The number of thiazole rings is 1. The van der Waals surface area contributed by atoms with Crippen LogP contribution in [0.2, 0.25) is 0 Å². The summed E-state index contributed by atoms with van der Waals surface area (Å²) in [5.41, 5.74) is 1.84. The predicted octanol–water partition coefficient (Wildman–Crippen LogP) is 3.98. The van der Waals surface area contributed by atoms with Gasteiger partial charge in [0.25, 0.3) is 0 Å². The van der Waals surface area contributed by atoms with Crippen LogP contribution in [0.5, 0.6) is 11.5 Å². The molecule has 0 fully saturated rings. The molecule has 1 aromatic heterocycles. The predicted molar refractivity (Wildman–Crippen MR) is 81.1 cm³/mol. The summed E-state index contributed by atoms with van der Waals surface area (Å²) in [6, 6.07) is 10.5. The second-order valence-electron chi connectivity index (χ2n) is 3.84. The van der Waals surface area contributed by atoms with Crippen molar-refractivity contribution in [1.29, 1.82) is 0 Å². The fourth-order valence-corrected chi connectivity index (χ4v) is 3.19. The average molecular weight is 369 g/mol. The van der Waals surface area contributed by atoms with E-state index >= 15 is 0 Å². The summed E-state index contributed by atoms with van der Waals surface area (Å²) in [7, 11) is 0. The molecule has 1 heterocycles. The van der Waals surface area contributed by atoms with Crippen molar-refractivity contribution in [2.75, 3.05) is 0 Å². The smallest absolute Gasteiger partial charge is 0.128 e. The van der Waals surface area contributed by atoms with E-state index < -0.39 is 0 Å². The van der Waals surface area contributed by atoms with Gasteiger partial charge in [0, 0.05) is 5.56 Å². The summed E-state index contributed by atoms with van der Waals surface area (Å²) in [6.45, 7) is 0. The van der Waals surface area contributed by atoms with Crippen molar-refractivity contribution in [2.45, 2.75) is 0 Å². The number of phenols is 2. The van der Waals surface area contributed by atoms with Gasteiger partial charge in [-0.15, -0.1) is 11.3 Å². The van der Waals surface area contributed by atoms with Gasteiger partial charge in [0.2, 0.25) is 0 Å². The first-order valence-electron chi connectivity index (χ1n) is 5.22. The molecule has 0 aliphatic heterocycles. The highest BCUT2D eigenvalue weighted by Crippen LogP contribution is 2.34. The van der Waals surface area contributed by atoms with Crippen LogP contribution in [0, 0.1) is 3.57 Å². The number of halogens is 1. The lowest BCUT2D eigenvalue weighted by Crippen LogP contribution is -1.78. The Morgan fingerprint density at radius 1 is 1.06 bits per heavy atom. The van der Waals surface area contributed by atoms with Gasteiger partial charge in [-0.1, -0.05) is 0 Å². The van der Waals surface area contributed by atoms with Gasteiger partial charge in [0.15, 0.2) is 0 Å². The van der Waals surface area contributed by atoms with E-state index in [0.29, 0.717) is 0 Å². The molecule has 3 nitrogen and oxygen atoms in total. The second kappa shape index (κ2) is 4.40. The zero-order chi connectivity index (χ0) is 12.7. The standard InChI is InChI=1S/C13H8INO2S/c14-9-5-7(1-4-11(9)17)13-15-10-3-2-8(16)6-12(10)18-13/h1-6,16-17H. The first-order chi connectivity index (χ1) is 8.63. The van der Waals surface area contributed by atoms with Crippen molar-refractivity contribution in [3.63, 3.8) is 0 Å². The van der Waals surface area contributed by atoms with Crippen LogP contribution in [0.4, 0.5) is 0 Å². The highest BCUT2D eigenvalue weighted by atomic mass is 127. The number of hydrogen-bond acceptors (Lipinski definition) is 4. The molecule has 0 unspecified atom stereocenters. The summed E-state index contributed by atoms with van der Waals surface area (Å²) in [6.07, 6.45) is 0. The molecule has 0 radical (unpaired) electrons. The third-order valence-corrected chi connectivity index (χ3v) is 4.50. The Bertz CT molecular complexity index is 739. The summed E-state index contributed by atoms with van der Waals surface area (Å²) in [4.78, 5) is 4.52. The summed E-state index contributed by atoms with van der Waals surface area (Å²) in [5.74, 6) is 0.524. The molecule has 3 aromatic rings. The summed E-state index contributed by atoms with van der Waals surface area (Å²) < 4.78 is 1.75. The van der Waals surface area contributed by atoms with Crippen LogP contribution in [0.15, 0.2) is 36.4 Å². The Labute approximate surface area is 121 Å².